The van der Waals surface area contributed by atoms with Crippen LogP contribution in [-0.2, 0) is 20.9 Å². The summed E-state index contributed by atoms with van der Waals surface area (Å²) in [7, 11) is 0. The van der Waals surface area contributed by atoms with Crippen molar-refractivity contribution in [3.05, 3.63) is 35.4 Å². The lowest BCUT2D eigenvalue weighted by atomic mass is 9.81. The van der Waals surface area contributed by atoms with E-state index in [-0.39, 0.29) is 23.3 Å². The first-order valence-corrected chi connectivity index (χ1v) is 9.30. The third-order valence-electron chi connectivity index (χ3n) is 5.94. The second-order valence-electron chi connectivity index (χ2n) is 7.81. The molecule has 2 heterocycles. The molecule has 3 fully saturated rings. The molecule has 1 aromatic rings. The maximum atomic E-state index is 12.7. The monoisotopic (exact) mass is 342 g/mol. The van der Waals surface area contributed by atoms with Crippen LogP contribution in [0.4, 0.5) is 0 Å². The zero-order valence-electron chi connectivity index (χ0n) is 14.9. The summed E-state index contributed by atoms with van der Waals surface area (Å²) in [5, 5.41) is 0. The zero-order valence-corrected chi connectivity index (χ0v) is 14.9. The minimum atomic E-state index is -0.349. The highest BCUT2D eigenvalue weighted by Gasteiger charge is 2.53. The van der Waals surface area contributed by atoms with Crippen LogP contribution < -0.4 is 0 Å². The Kier molecular flexibility index (Phi) is 4.28. The molecule has 0 N–H and O–H groups in total. The number of benzene rings is 1. The van der Waals surface area contributed by atoms with Gasteiger partial charge in [-0.3, -0.25) is 9.59 Å². The van der Waals surface area contributed by atoms with Crippen LogP contribution in [0.3, 0.4) is 0 Å². The fourth-order valence-electron chi connectivity index (χ4n) is 4.07. The van der Waals surface area contributed by atoms with Gasteiger partial charge < -0.3 is 14.5 Å². The Morgan fingerprint density at radius 2 is 2.04 bits per heavy atom. The van der Waals surface area contributed by atoms with Gasteiger partial charge in [0.2, 0.25) is 11.8 Å². The highest BCUT2D eigenvalue weighted by molar-refractivity contribution is 5.86. The molecule has 5 nitrogen and oxygen atoms in total. The van der Waals surface area contributed by atoms with Crippen molar-refractivity contribution in [2.24, 2.45) is 5.92 Å². The molecule has 4 rings (SSSR count). The first kappa shape index (κ1) is 16.6. The lowest BCUT2D eigenvalue weighted by Gasteiger charge is -2.52. The van der Waals surface area contributed by atoms with Gasteiger partial charge in [-0.2, -0.15) is 0 Å². The van der Waals surface area contributed by atoms with Crippen molar-refractivity contribution in [1.82, 2.24) is 9.80 Å². The van der Waals surface area contributed by atoms with Gasteiger partial charge >= 0.3 is 0 Å². The largest absolute Gasteiger partial charge is 0.377 e. The van der Waals surface area contributed by atoms with Crippen molar-refractivity contribution >= 4 is 11.8 Å². The predicted octanol–water partition coefficient (Wildman–Crippen LogP) is 2.13. The molecule has 2 aliphatic heterocycles. The zero-order chi connectivity index (χ0) is 17.4. The molecule has 134 valence electrons. The summed E-state index contributed by atoms with van der Waals surface area (Å²) in [5.41, 5.74) is 1.99. The van der Waals surface area contributed by atoms with Gasteiger partial charge in [0, 0.05) is 25.6 Å². The molecule has 1 atom stereocenters. The summed E-state index contributed by atoms with van der Waals surface area (Å²) in [6.07, 6.45) is 3.65. The quantitative estimate of drug-likeness (QED) is 0.791. The molecule has 0 bridgehead atoms. The van der Waals surface area contributed by atoms with E-state index in [2.05, 4.69) is 31.2 Å². The number of nitrogens with zero attached hydrogens (tertiary/aromatic N) is 2. The van der Waals surface area contributed by atoms with E-state index in [0.29, 0.717) is 39.3 Å². The van der Waals surface area contributed by atoms with E-state index in [1.54, 1.807) is 0 Å². The van der Waals surface area contributed by atoms with Crippen molar-refractivity contribution in [1.29, 1.82) is 0 Å². The maximum Gasteiger partial charge on any atom is 0.226 e. The van der Waals surface area contributed by atoms with Crippen molar-refractivity contribution in [2.75, 3.05) is 26.3 Å². The lowest BCUT2D eigenvalue weighted by molar-refractivity contribution is -0.166. The lowest BCUT2D eigenvalue weighted by Crippen LogP contribution is -2.69. The van der Waals surface area contributed by atoms with E-state index in [1.165, 1.54) is 5.56 Å². The molecule has 1 spiro atoms. The molecule has 1 aromatic carbocycles. The Balaban J connectivity index is 1.50. The van der Waals surface area contributed by atoms with Crippen LogP contribution >= 0.6 is 0 Å². The number of β-lactam (4-membered cyclic amide) rings is 1. The average Bonchev–Trinajstić information content (AvgIpc) is 2.77. The highest BCUT2D eigenvalue weighted by Crippen LogP contribution is 2.37. The molecule has 1 unspecified atom stereocenters. The Labute approximate surface area is 148 Å². The smallest absolute Gasteiger partial charge is 0.226 e. The molecular weight excluding hydrogens is 316 g/mol. The summed E-state index contributed by atoms with van der Waals surface area (Å²) >= 11 is 0. The van der Waals surface area contributed by atoms with Crippen LogP contribution in [0.25, 0.3) is 0 Å². The van der Waals surface area contributed by atoms with Crippen molar-refractivity contribution < 1.29 is 14.3 Å². The number of hydrogen-bond acceptors (Lipinski definition) is 3. The minimum absolute atomic E-state index is 0.155. The second-order valence-corrected chi connectivity index (χ2v) is 7.81. The summed E-state index contributed by atoms with van der Waals surface area (Å²) in [6.45, 7) is 4.99. The number of aryl methyl sites for hydroxylation is 1. The van der Waals surface area contributed by atoms with E-state index in [4.69, 9.17) is 4.74 Å². The van der Waals surface area contributed by atoms with Crippen LogP contribution in [0.2, 0.25) is 0 Å². The van der Waals surface area contributed by atoms with E-state index >= 15 is 0 Å². The fourth-order valence-corrected chi connectivity index (χ4v) is 4.07. The van der Waals surface area contributed by atoms with Crippen molar-refractivity contribution in [3.63, 3.8) is 0 Å². The van der Waals surface area contributed by atoms with Gasteiger partial charge in [-0.1, -0.05) is 36.2 Å². The molecule has 0 radical (unpaired) electrons. The van der Waals surface area contributed by atoms with E-state index in [0.717, 1.165) is 24.8 Å². The van der Waals surface area contributed by atoms with Gasteiger partial charge in [0.1, 0.15) is 0 Å². The number of likely N-dealkylation sites (tertiary alicyclic amines) is 1. The van der Waals surface area contributed by atoms with Crippen molar-refractivity contribution in [2.45, 2.75) is 44.7 Å². The van der Waals surface area contributed by atoms with Crippen LogP contribution in [0.15, 0.2) is 24.3 Å². The number of carbonyl (C=O) groups is 2. The third kappa shape index (κ3) is 3.06. The average molecular weight is 342 g/mol. The molecule has 1 aliphatic carbocycles. The normalized spacial score (nSPS) is 27.0. The highest BCUT2D eigenvalue weighted by atomic mass is 16.5. The van der Waals surface area contributed by atoms with Gasteiger partial charge in [0.15, 0.2) is 0 Å². The topological polar surface area (TPSA) is 49.9 Å². The number of carbonyl (C=O) groups excluding carboxylic acids is 2. The first-order valence-electron chi connectivity index (χ1n) is 9.30. The SMILES string of the molecule is Cc1ccc(CN2C(=O)CC23COCCN(C(=O)C2CCC2)C3)cc1. The number of ether oxygens (including phenoxy) is 1. The maximum absolute atomic E-state index is 12.7. The summed E-state index contributed by atoms with van der Waals surface area (Å²) in [4.78, 5) is 28.9. The molecular formula is C20H26N2O3. The Bertz CT molecular complexity index is 668. The van der Waals surface area contributed by atoms with Crippen LogP contribution in [0, 0.1) is 12.8 Å². The second kappa shape index (κ2) is 6.45. The number of hydrogen-bond donors (Lipinski definition) is 0. The van der Waals surface area contributed by atoms with Crippen LogP contribution in [0.1, 0.15) is 36.8 Å². The van der Waals surface area contributed by atoms with Gasteiger partial charge in [0.05, 0.1) is 25.2 Å². The van der Waals surface area contributed by atoms with E-state index in [9.17, 15) is 9.59 Å². The fraction of sp³-hybridized carbons (Fsp3) is 0.600. The van der Waals surface area contributed by atoms with Crippen LogP contribution in [0.5, 0.6) is 0 Å². The summed E-state index contributed by atoms with van der Waals surface area (Å²) in [6, 6.07) is 8.29. The molecule has 5 heteroatoms. The molecule has 2 saturated heterocycles. The van der Waals surface area contributed by atoms with E-state index in [1.807, 2.05) is 9.80 Å². The Morgan fingerprint density at radius 1 is 1.28 bits per heavy atom. The molecule has 3 aliphatic rings. The standard InChI is InChI=1S/C20H26N2O3/c1-15-5-7-16(8-6-15)12-22-18(23)11-20(22)13-21(9-10-25-14-20)19(24)17-3-2-4-17/h5-8,17H,2-4,9-14H2,1H3. The molecule has 2 amide bonds. The molecule has 1 saturated carbocycles. The van der Waals surface area contributed by atoms with Gasteiger partial charge in [-0.25, -0.2) is 0 Å². The summed E-state index contributed by atoms with van der Waals surface area (Å²) in [5.74, 6) is 0.601. The third-order valence-corrected chi connectivity index (χ3v) is 5.94. The van der Waals surface area contributed by atoms with Crippen LogP contribution in [-0.4, -0.2) is 53.5 Å². The molecule has 25 heavy (non-hydrogen) atoms. The van der Waals surface area contributed by atoms with Gasteiger partial charge in [-0.15, -0.1) is 0 Å². The van der Waals surface area contributed by atoms with Gasteiger partial charge in [0.25, 0.3) is 0 Å². The van der Waals surface area contributed by atoms with E-state index < -0.39 is 0 Å². The Morgan fingerprint density at radius 3 is 2.68 bits per heavy atom. The number of amides is 2. The number of rotatable bonds is 3. The summed E-state index contributed by atoms with van der Waals surface area (Å²) < 4.78 is 5.81. The van der Waals surface area contributed by atoms with Crippen molar-refractivity contribution in [3.8, 4) is 0 Å². The first-order chi connectivity index (χ1) is 12.1. The molecule has 0 aromatic heterocycles. The Hall–Kier alpha value is -1.88. The van der Waals surface area contributed by atoms with Gasteiger partial charge in [-0.05, 0) is 25.3 Å². The minimum Gasteiger partial charge on any atom is -0.377 e. The predicted molar refractivity (Wildman–Crippen MR) is 93.8 cm³/mol.